The smallest absolute Gasteiger partial charge is 0.352 e. The highest BCUT2D eigenvalue weighted by Crippen LogP contribution is 2.55. The van der Waals surface area contributed by atoms with Gasteiger partial charge in [0.05, 0.1) is 38.0 Å². The van der Waals surface area contributed by atoms with Crippen LogP contribution in [0.4, 0.5) is 0 Å². The molecule has 32 heavy (non-hydrogen) atoms. The molecule has 15 heteroatoms. The second-order valence-corrected chi connectivity index (χ2v) is 12.3. The molecule has 0 radical (unpaired) electrons. The standard InChI is InChI=1S/C17H25Cl2N4O7PS/c1-4-28-31(24,29-5-2)17(32(25,26)6-3)27-9-11-7-8-12(30-11)23-10-20-13-14(18)21-16(19)22-15(13)23/h10-12,17H,4-9H2,1-3H3/t11-,12+,17?/m0/s1. The normalized spacial score (nSPS) is 20.8. The van der Waals surface area contributed by atoms with Crippen LogP contribution in [0.2, 0.25) is 10.4 Å². The first kappa shape index (κ1) is 25.8. The number of ether oxygens (including phenoxy) is 2. The van der Waals surface area contributed by atoms with Gasteiger partial charge in [-0.2, -0.15) is 4.98 Å². The topological polar surface area (TPSA) is 132 Å². The number of aromatic nitrogens is 4. The highest BCUT2D eigenvalue weighted by molar-refractivity contribution is 7.98. The van der Waals surface area contributed by atoms with E-state index in [0.717, 1.165) is 0 Å². The average Bonchev–Trinajstić information content (AvgIpc) is 3.35. The zero-order valence-electron chi connectivity index (χ0n) is 17.8. The summed E-state index contributed by atoms with van der Waals surface area (Å²) < 4.78 is 62.1. The Labute approximate surface area is 196 Å². The highest BCUT2D eigenvalue weighted by atomic mass is 35.5. The summed E-state index contributed by atoms with van der Waals surface area (Å²) in [5, 5.41) is -1.62. The molecule has 11 nitrogen and oxygen atoms in total. The molecule has 1 saturated heterocycles. The molecule has 0 spiro atoms. The van der Waals surface area contributed by atoms with Gasteiger partial charge >= 0.3 is 7.60 Å². The molecule has 1 unspecified atom stereocenters. The molecule has 0 bridgehead atoms. The van der Waals surface area contributed by atoms with Crippen molar-refractivity contribution >= 4 is 51.8 Å². The van der Waals surface area contributed by atoms with Crippen molar-refractivity contribution < 1.29 is 31.5 Å². The third-order valence-electron chi connectivity index (χ3n) is 4.76. The molecule has 0 aliphatic carbocycles. The summed E-state index contributed by atoms with van der Waals surface area (Å²) in [4.78, 5) is 12.2. The maximum atomic E-state index is 13.1. The number of rotatable bonds is 11. The van der Waals surface area contributed by atoms with E-state index in [9.17, 15) is 13.0 Å². The molecule has 3 heterocycles. The molecular weight excluding hydrogens is 506 g/mol. The molecule has 1 aliphatic heterocycles. The molecule has 0 N–H and O–H groups in total. The van der Waals surface area contributed by atoms with Crippen LogP contribution in [0.1, 0.15) is 39.8 Å². The molecule has 0 saturated carbocycles. The first-order chi connectivity index (χ1) is 15.1. The average molecular weight is 531 g/mol. The number of imidazole rings is 1. The van der Waals surface area contributed by atoms with Crippen molar-refractivity contribution in [1.82, 2.24) is 19.5 Å². The summed E-state index contributed by atoms with van der Waals surface area (Å²) in [7, 11) is -7.96. The Hall–Kier alpha value is -0.850. The van der Waals surface area contributed by atoms with E-state index in [-0.39, 0.29) is 36.0 Å². The van der Waals surface area contributed by atoms with E-state index in [2.05, 4.69) is 15.0 Å². The van der Waals surface area contributed by atoms with Gasteiger partial charge in [-0.25, -0.2) is 18.4 Å². The number of fused-ring (bicyclic) bond motifs is 1. The fourth-order valence-electron chi connectivity index (χ4n) is 3.32. The number of halogens is 2. The summed E-state index contributed by atoms with van der Waals surface area (Å²) in [6.45, 7) is 4.55. The van der Waals surface area contributed by atoms with Gasteiger partial charge < -0.3 is 18.5 Å². The molecule has 0 aromatic carbocycles. The summed E-state index contributed by atoms with van der Waals surface area (Å²) in [6.07, 6.45) is 1.76. The minimum absolute atomic E-state index is 0.0130. The largest absolute Gasteiger partial charge is 0.374 e. The lowest BCUT2D eigenvalue weighted by Crippen LogP contribution is -2.31. The van der Waals surface area contributed by atoms with Crippen LogP contribution in [0.25, 0.3) is 11.2 Å². The van der Waals surface area contributed by atoms with Crippen LogP contribution < -0.4 is 0 Å². The fraction of sp³-hybridized carbons (Fsp3) is 0.706. The molecular formula is C17H25Cl2N4O7PS. The molecule has 1 aliphatic rings. The molecule has 180 valence electrons. The quantitative estimate of drug-likeness (QED) is 0.240. The van der Waals surface area contributed by atoms with Crippen molar-refractivity contribution in [2.45, 2.75) is 51.1 Å². The molecule has 3 rings (SSSR count). The summed E-state index contributed by atoms with van der Waals surface area (Å²) in [5.74, 6) is -0.280. The van der Waals surface area contributed by atoms with Gasteiger partial charge in [0.2, 0.25) is 5.28 Å². The van der Waals surface area contributed by atoms with E-state index in [1.54, 1.807) is 18.4 Å². The maximum Gasteiger partial charge on any atom is 0.374 e. The Morgan fingerprint density at radius 3 is 2.53 bits per heavy atom. The van der Waals surface area contributed by atoms with Crippen molar-refractivity contribution in [1.29, 1.82) is 0 Å². The van der Waals surface area contributed by atoms with Gasteiger partial charge in [0.25, 0.3) is 5.18 Å². The van der Waals surface area contributed by atoms with Crippen molar-refractivity contribution in [3.63, 3.8) is 0 Å². The SMILES string of the molecule is CCOP(=O)(OCC)C(OC[C@@H]1CC[C@H](n2cnc3c(Cl)nc(Cl)nc32)O1)S(=O)(=O)CC. The number of sulfone groups is 1. The van der Waals surface area contributed by atoms with Crippen LogP contribution in [-0.2, 0) is 32.9 Å². The van der Waals surface area contributed by atoms with Gasteiger partial charge in [-0.15, -0.1) is 0 Å². The Bertz CT molecular complexity index is 1090. The van der Waals surface area contributed by atoms with Crippen LogP contribution in [0, 0.1) is 0 Å². The van der Waals surface area contributed by atoms with Gasteiger partial charge in [0.15, 0.2) is 20.6 Å². The maximum absolute atomic E-state index is 13.1. The second-order valence-electron chi connectivity index (χ2n) is 6.86. The Kier molecular flexibility index (Phi) is 8.54. The van der Waals surface area contributed by atoms with E-state index in [4.69, 9.17) is 41.7 Å². The van der Waals surface area contributed by atoms with Gasteiger partial charge in [-0.1, -0.05) is 18.5 Å². The summed E-state index contributed by atoms with van der Waals surface area (Å²) in [6, 6.07) is 0. The van der Waals surface area contributed by atoms with E-state index in [1.807, 2.05) is 0 Å². The molecule has 1 fully saturated rings. The Morgan fingerprint density at radius 2 is 1.91 bits per heavy atom. The summed E-state index contributed by atoms with van der Waals surface area (Å²) >= 11 is 12.0. The van der Waals surface area contributed by atoms with Gasteiger partial charge in [0.1, 0.15) is 11.7 Å². The number of nitrogens with zero attached hydrogens (tertiary/aromatic N) is 4. The molecule has 0 amide bonds. The van der Waals surface area contributed by atoms with Crippen molar-refractivity contribution in [3.05, 3.63) is 16.8 Å². The third kappa shape index (κ3) is 5.44. The summed E-state index contributed by atoms with van der Waals surface area (Å²) in [5.41, 5.74) is 0.813. The Balaban J connectivity index is 1.74. The van der Waals surface area contributed by atoms with Crippen LogP contribution in [0.15, 0.2) is 6.33 Å². The van der Waals surface area contributed by atoms with Crippen molar-refractivity contribution in [2.24, 2.45) is 0 Å². The van der Waals surface area contributed by atoms with Crippen LogP contribution >= 0.6 is 30.8 Å². The zero-order valence-corrected chi connectivity index (χ0v) is 21.0. The minimum atomic E-state index is -4.06. The van der Waals surface area contributed by atoms with E-state index in [1.165, 1.54) is 13.3 Å². The molecule has 2 aromatic heterocycles. The lowest BCUT2D eigenvalue weighted by Gasteiger charge is -2.26. The van der Waals surface area contributed by atoms with Gasteiger partial charge in [-0.05, 0) is 38.3 Å². The molecule has 3 atom stereocenters. The highest BCUT2D eigenvalue weighted by Gasteiger charge is 2.46. The number of hydrogen-bond donors (Lipinski definition) is 0. The lowest BCUT2D eigenvalue weighted by molar-refractivity contribution is -0.0400. The van der Waals surface area contributed by atoms with Crippen LogP contribution in [0.3, 0.4) is 0 Å². The minimum Gasteiger partial charge on any atom is -0.352 e. The van der Waals surface area contributed by atoms with Crippen LogP contribution in [0.5, 0.6) is 0 Å². The van der Waals surface area contributed by atoms with Crippen molar-refractivity contribution in [3.8, 4) is 0 Å². The van der Waals surface area contributed by atoms with E-state index >= 15 is 0 Å². The van der Waals surface area contributed by atoms with Gasteiger partial charge in [-0.3, -0.25) is 9.13 Å². The fourth-order valence-corrected chi connectivity index (χ4v) is 8.01. The van der Waals surface area contributed by atoms with Crippen molar-refractivity contribution in [2.75, 3.05) is 25.6 Å². The first-order valence-electron chi connectivity index (χ1n) is 10.1. The van der Waals surface area contributed by atoms with E-state index in [0.29, 0.717) is 24.0 Å². The zero-order chi connectivity index (χ0) is 23.5. The predicted molar refractivity (Wildman–Crippen MR) is 119 cm³/mol. The van der Waals surface area contributed by atoms with Crippen LogP contribution in [-0.4, -0.2) is 64.8 Å². The van der Waals surface area contributed by atoms with E-state index < -0.39 is 34.9 Å². The monoisotopic (exact) mass is 530 g/mol. The Morgan fingerprint density at radius 1 is 1.22 bits per heavy atom. The van der Waals surface area contributed by atoms with Gasteiger partial charge in [0, 0.05) is 0 Å². The number of hydrogen-bond acceptors (Lipinski definition) is 10. The predicted octanol–water partition coefficient (Wildman–Crippen LogP) is 3.81. The third-order valence-corrected chi connectivity index (χ3v) is 10.4. The first-order valence-corrected chi connectivity index (χ1v) is 14.2. The lowest BCUT2D eigenvalue weighted by atomic mass is 10.2. The second kappa shape index (κ2) is 10.6. The molecule has 2 aromatic rings.